The summed E-state index contributed by atoms with van der Waals surface area (Å²) < 4.78 is 29.4. The third kappa shape index (κ3) is 9.70. The van der Waals surface area contributed by atoms with Crippen LogP contribution < -0.4 is 10.1 Å². The van der Waals surface area contributed by atoms with Gasteiger partial charge in [0.15, 0.2) is 5.82 Å². The Kier molecular flexibility index (Phi) is 11.4. The molecule has 1 aromatic carbocycles. The lowest BCUT2D eigenvalue weighted by atomic mass is 10.2. The maximum Gasteiger partial charge on any atom is 0.525 e. The number of carbonyl (C=O) groups is 3. The molecule has 3 heterocycles. The molecule has 0 radical (unpaired) electrons. The molecule has 16 heteroatoms. The Morgan fingerprint density at radius 3 is 2.56 bits per heavy atom. The standard InChI is InChI=1S/C27H36N5O10P/c1-2-3-14-40-43(37,38)18-22(26(34)31-10-12-32(13-11-31)42-27(35)36)29-25(33)21-16-23(41-20-9-15-39-17-20)30-24(28-21)19-7-5-4-6-8-19/h4-8,16,20,22H,2-3,9-15,17-18H2,1H3,(H,29,33)(H,35,36)(H,37,38)/t20-,22-/m0/s1. The van der Waals surface area contributed by atoms with Gasteiger partial charge in [-0.2, -0.15) is 4.98 Å². The average Bonchev–Trinajstić information content (AvgIpc) is 3.50. The van der Waals surface area contributed by atoms with E-state index >= 15 is 0 Å². The van der Waals surface area contributed by atoms with Crippen molar-refractivity contribution in [3.05, 3.63) is 42.1 Å². The predicted octanol–water partition coefficient (Wildman–Crippen LogP) is 2.17. The number of aromatic nitrogens is 2. The second-order valence-corrected chi connectivity index (χ2v) is 11.9. The lowest BCUT2D eigenvalue weighted by molar-refractivity contribution is -0.154. The van der Waals surface area contributed by atoms with Crippen LogP contribution in [0.4, 0.5) is 4.79 Å². The van der Waals surface area contributed by atoms with Crippen molar-refractivity contribution in [2.75, 3.05) is 52.2 Å². The molecule has 3 N–H and O–H groups in total. The van der Waals surface area contributed by atoms with Crippen LogP contribution in [0.15, 0.2) is 36.4 Å². The SMILES string of the molecule is CCCCOP(=O)(O)C[C@H](NC(=O)c1cc(O[C@H]2CCOC2)nc(-c2ccccc2)n1)C(=O)N1CCN(OC(=O)O)CC1. The highest BCUT2D eigenvalue weighted by atomic mass is 31.2. The summed E-state index contributed by atoms with van der Waals surface area (Å²) in [6.07, 6.45) is -0.480. The fourth-order valence-electron chi connectivity index (χ4n) is 4.48. The molecule has 2 saturated heterocycles. The maximum atomic E-state index is 13.6. The number of nitrogens with one attached hydrogen (secondary N) is 1. The third-order valence-corrected chi connectivity index (χ3v) is 8.12. The van der Waals surface area contributed by atoms with Crippen molar-refractivity contribution >= 4 is 25.6 Å². The number of unbranched alkanes of at least 4 members (excludes halogenated alkanes) is 1. The summed E-state index contributed by atoms with van der Waals surface area (Å²) in [5.74, 6) is -1.06. The Balaban J connectivity index is 1.57. The Morgan fingerprint density at radius 1 is 1.16 bits per heavy atom. The molecule has 2 fully saturated rings. The smallest absolute Gasteiger partial charge is 0.472 e. The van der Waals surface area contributed by atoms with E-state index in [1.54, 1.807) is 24.3 Å². The minimum atomic E-state index is -4.30. The number of hydrogen-bond acceptors (Lipinski definition) is 11. The van der Waals surface area contributed by atoms with Crippen LogP contribution in [0, 0.1) is 0 Å². The number of ether oxygens (including phenoxy) is 2. The molecule has 234 valence electrons. The van der Waals surface area contributed by atoms with Crippen LogP contribution in [0.2, 0.25) is 0 Å². The van der Waals surface area contributed by atoms with Gasteiger partial charge in [0.05, 0.1) is 39.1 Å². The molecule has 2 aliphatic heterocycles. The topological polar surface area (TPSA) is 190 Å². The number of amides is 2. The van der Waals surface area contributed by atoms with Gasteiger partial charge in [-0.25, -0.2) is 9.78 Å². The molecule has 1 aromatic heterocycles. The quantitative estimate of drug-likeness (QED) is 0.218. The molecule has 0 aliphatic carbocycles. The van der Waals surface area contributed by atoms with Gasteiger partial charge in [0.25, 0.3) is 5.91 Å². The van der Waals surface area contributed by atoms with E-state index in [1.165, 1.54) is 16.0 Å². The minimum absolute atomic E-state index is 0.0161. The van der Waals surface area contributed by atoms with Crippen LogP contribution in [0.5, 0.6) is 5.88 Å². The van der Waals surface area contributed by atoms with Crippen LogP contribution in [0.3, 0.4) is 0 Å². The summed E-state index contributed by atoms with van der Waals surface area (Å²) >= 11 is 0. The van der Waals surface area contributed by atoms with Gasteiger partial charge in [0.2, 0.25) is 11.8 Å². The number of hydroxylamine groups is 2. The van der Waals surface area contributed by atoms with Crippen molar-refractivity contribution in [3.8, 4) is 17.3 Å². The molecule has 43 heavy (non-hydrogen) atoms. The predicted molar refractivity (Wildman–Crippen MR) is 151 cm³/mol. The minimum Gasteiger partial charge on any atom is -0.472 e. The second-order valence-electron chi connectivity index (χ2n) is 10.0. The zero-order valence-electron chi connectivity index (χ0n) is 23.8. The van der Waals surface area contributed by atoms with E-state index in [0.29, 0.717) is 31.6 Å². The van der Waals surface area contributed by atoms with Crippen molar-refractivity contribution < 1.29 is 47.8 Å². The van der Waals surface area contributed by atoms with Crippen molar-refractivity contribution in [3.63, 3.8) is 0 Å². The normalized spacial score (nSPS) is 19.3. The monoisotopic (exact) mass is 621 g/mol. The van der Waals surface area contributed by atoms with E-state index in [9.17, 15) is 23.8 Å². The molecule has 0 spiro atoms. The second kappa shape index (κ2) is 15.2. The number of carboxylic acid groups (broad SMARTS) is 1. The van der Waals surface area contributed by atoms with Crippen molar-refractivity contribution in [2.45, 2.75) is 38.3 Å². The van der Waals surface area contributed by atoms with Crippen LogP contribution >= 0.6 is 7.60 Å². The summed E-state index contributed by atoms with van der Waals surface area (Å²) in [6, 6.07) is 8.87. The number of nitrogens with zero attached hydrogens (tertiary/aromatic N) is 4. The van der Waals surface area contributed by atoms with E-state index in [0.717, 1.165) is 6.42 Å². The average molecular weight is 622 g/mol. The third-order valence-electron chi connectivity index (χ3n) is 6.71. The first-order valence-electron chi connectivity index (χ1n) is 14.0. The molecule has 4 rings (SSSR count). The van der Waals surface area contributed by atoms with Gasteiger partial charge in [-0.15, -0.1) is 5.06 Å². The summed E-state index contributed by atoms with van der Waals surface area (Å²) in [4.78, 5) is 63.4. The highest BCUT2D eigenvalue weighted by Gasteiger charge is 2.36. The Bertz CT molecular complexity index is 1300. The first-order chi connectivity index (χ1) is 20.6. The molecule has 0 saturated carbocycles. The van der Waals surface area contributed by atoms with Crippen molar-refractivity contribution in [2.24, 2.45) is 0 Å². The van der Waals surface area contributed by atoms with Gasteiger partial charge >= 0.3 is 13.8 Å². The summed E-state index contributed by atoms with van der Waals surface area (Å²) in [5.41, 5.74) is 0.517. The molecular formula is C27H36N5O10P. The van der Waals surface area contributed by atoms with Gasteiger partial charge in [0, 0.05) is 31.1 Å². The van der Waals surface area contributed by atoms with Gasteiger partial charge in [-0.3, -0.25) is 14.2 Å². The number of benzene rings is 1. The van der Waals surface area contributed by atoms with E-state index < -0.39 is 37.8 Å². The molecule has 1 unspecified atom stereocenters. The van der Waals surface area contributed by atoms with Crippen LogP contribution in [-0.4, -0.2) is 112 Å². The summed E-state index contributed by atoms with van der Waals surface area (Å²) in [7, 11) is -4.30. The van der Waals surface area contributed by atoms with Crippen LogP contribution in [-0.2, 0) is 23.5 Å². The number of carbonyl (C=O) groups excluding carboxylic acids is 2. The zero-order valence-corrected chi connectivity index (χ0v) is 24.7. The van der Waals surface area contributed by atoms with E-state index in [4.69, 9.17) is 19.1 Å². The molecule has 15 nitrogen and oxygen atoms in total. The fourth-order valence-corrected chi connectivity index (χ4v) is 5.71. The van der Waals surface area contributed by atoms with Gasteiger partial charge < -0.3 is 39.1 Å². The Morgan fingerprint density at radius 2 is 1.91 bits per heavy atom. The Hall–Kier alpha value is -3.62. The van der Waals surface area contributed by atoms with Crippen LogP contribution in [0.1, 0.15) is 36.7 Å². The highest BCUT2D eigenvalue weighted by molar-refractivity contribution is 7.52. The number of piperazine rings is 1. The van der Waals surface area contributed by atoms with Gasteiger partial charge in [-0.05, 0) is 6.42 Å². The van der Waals surface area contributed by atoms with Crippen molar-refractivity contribution in [1.29, 1.82) is 0 Å². The van der Waals surface area contributed by atoms with E-state index in [-0.39, 0.29) is 56.3 Å². The fraction of sp³-hybridized carbons (Fsp3) is 0.519. The molecule has 2 amide bonds. The first kappa shape index (κ1) is 32.3. The first-order valence-corrected chi connectivity index (χ1v) is 15.8. The van der Waals surface area contributed by atoms with Gasteiger partial charge in [0.1, 0.15) is 17.8 Å². The van der Waals surface area contributed by atoms with E-state index in [1.807, 2.05) is 13.0 Å². The lowest BCUT2D eigenvalue weighted by Crippen LogP contribution is -2.56. The van der Waals surface area contributed by atoms with Gasteiger partial charge in [-0.1, -0.05) is 43.7 Å². The van der Waals surface area contributed by atoms with Crippen LogP contribution in [0.25, 0.3) is 11.4 Å². The zero-order chi connectivity index (χ0) is 30.8. The summed E-state index contributed by atoms with van der Waals surface area (Å²) in [6.45, 7) is 3.13. The van der Waals surface area contributed by atoms with Crippen molar-refractivity contribution in [1.82, 2.24) is 25.2 Å². The molecule has 2 aromatic rings. The lowest BCUT2D eigenvalue weighted by Gasteiger charge is -2.35. The molecular weight excluding hydrogens is 585 g/mol. The Labute approximate surface area is 248 Å². The summed E-state index contributed by atoms with van der Waals surface area (Å²) in [5, 5.41) is 12.6. The molecule has 3 atom stereocenters. The number of rotatable bonds is 13. The maximum absolute atomic E-state index is 13.6. The highest BCUT2D eigenvalue weighted by Crippen LogP contribution is 2.43. The largest absolute Gasteiger partial charge is 0.525 e. The molecule has 2 aliphatic rings. The van der Waals surface area contributed by atoms with E-state index in [2.05, 4.69) is 20.1 Å². The molecule has 0 bridgehead atoms. The number of hydrogen-bond donors (Lipinski definition) is 3.